The van der Waals surface area contributed by atoms with E-state index in [1.807, 2.05) is 0 Å². The maximum atomic E-state index is 12.6. The van der Waals surface area contributed by atoms with Gasteiger partial charge in [-0.25, -0.2) is 0 Å². The Kier molecular flexibility index (Phi) is 6.80. The Morgan fingerprint density at radius 1 is 1.10 bits per heavy atom. The van der Waals surface area contributed by atoms with Crippen molar-refractivity contribution in [3.05, 3.63) is 82.2 Å². The number of anilines is 1. The lowest BCUT2D eigenvalue weighted by Gasteiger charge is -2.20. The zero-order chi connectivity index (χ0) is 20.8. The summed E-state index contributed by atoms with van der Waals surface area (Å²) < 4.78 is 10.7. The molecular weight excluding hydrogens is 415 g/mol. The van der Waals surface area contributed by atoms with Gasteiger partial charge < -0.3 is 19.4 Å². The number of rotatable bonds is 7. The maximum absolute atomic E-state index is 12.6. The number of carbonyl (C=O) groups is 2. The first kappa shape index (κ1) is 20.8. The predicted molar refractivity (Wildman–Crippen MR) is 112 cm³/mol. The summed E-state index contributed by atoms with van der Waals surface area (Å²) in [4.78, 5) is 26.6. The lowest BCUT2D eigenvalue weighted by molar-refractivity contribution is -0.120. The molecule has 0 fully saturated rings. The fourth-order valence-corrected chi connectivity index (χ4v) is 3.06. The van der Waals surface area contributed by atoms with Crippen molar-refractivity contribution in [2.24, 2.45) is 0 Å². The van der Waals surface area contributed by atoms with Crippen LogP contribution in [0.25, 0.3) is 0 Å². The van der Waals surface area contributed by atoms with Gasteiger partial charge in [-0.1, -0.05) is 35.3 Å². The molecule has 2 aromatic carbocycles. The van der Waals surface area contributed by atoms with Gasteiger partial charge in [0.15, 0.2) is 6.61 Å². The lowest BCUT2D eigenvalue weighted by atomic mass is 10.1. The number of para-hydroxylation sites is 1. The number of nitrogens with zero attached hydrogens (tertiary/aromatic N) is 1. The zero-order valence-electron chi connectivity index (χ0n) is 15.5. The normalized spacial score (nSPS) is 10.4. The lowest BCUT2D eigenvalue weighted by Crippen LogP contribution is -2.33. The highest BCUT2D eigenvalue weighted by Gasteiger charge is 2.19. The van der Waals surface area contributed by atoms with Crippen LogP contribution in [-0.4, -0.2) is 25.5 Å². The first-order chi connectivity index (χ1) is 14.0. The van der Waals surface area contributed by atoms with E-state index in [2.05, 4.69) is 5.32 Å². The van der Waals surface area contributed by atoms with Crippen LogP contribution in [0.3, 0.4) is 0 Å². The van der Waals surface area contributed by atoms with Gasteiger partial charge in [0, 0.05) is 12.1 Å². The number of carbonyl (C=O) groups excluding carboxylic acids is 2. The van der Waals surface area contributed by atoms with E-state index in [0.29, 0.717) is 32.8 Å². The first-order valence-electron chi connectivity index (χ1n) is 8.69. The topological polar surface area (TPSA) is 71.8 Å². The molecule has 1 aromatic heterocycles. The van der Waals surface area contributed by atoms with Gasteiger partial charge in [-0.2, -0.15) is 0 Å². The van der Waals surface area contributed by atoms with Crippen LogP contribution in [0, 0.1) is 0 Å². The minimum atomic E-state index is -0.345. The molecule has 6 nitrogen and oxygen atoms in total. The van der Waals surface area contributed by atoms with Crippen LogP contribution in [-0.2, 0) is 11.3 Å². The number of halogens is 2. The van der Waals surface area contributed by atoms with E-state index in [9.17, 15) is 9.59 Å². The Hall–Kier alpha value is -2.96. The summed E-state index contributed by atoms with van der Waals surface area (Å²) in [5.74, 6) is 0.316. The highest BCUT2D eigenvalue weighted by atomic mass is 35.5. The Bertz CT molecular complexity index is 1010. The first-order valence-corrected chi connectivity index (χ1v) is 9.45. The number of furan rings is 1. The average Bonchev–Trinajstić information content (AvgIpc) is 3.24. The maximum Gasteiger partial charge on any atom is 0.264 e. The molecular formula is C21H18Cl2N2O4. The van der Waals surface area contributed by atoms with Gasteiger partial charge in [-0.3, -0.25) is 9.59 Å². The minimum absolute atomic E-state index is 0.246. The average molecular weight is 433 g/mol. The fraction of sp³-hybridized carbons (Fsp3) is 0.143. The van der Waals surface area contributed by atoms with E-state index in [-0.39, 0.29) is 25.0 Å². The predicted octanol–water partition coefficient (Wildman–Crippen LogP) is 4.56. The molecule has 0 radical (unpaired) electrons. The molecule has 3 aromatic rings. The van der Waals surface area contributed by atoms with Gasteiger partial charge in [0.2, 0.25) is 0 Å². The summed E-state index contributed by atoms with van der Waals surface area (Å²) in [6, 6.07) is 15.1. The number of likely N-dealkylation sites (N-methyl/N-ethyl adjacent to an activating group) is 1. The molecule has 3 rings (SSSR count). The molecule has 0 saturated carbocycles. The third-order valence-electron chi connectivity index (χ3n) is 4.13. The van der Waals surface area contributed by atoms with Crippen molar-refractivity contribution in [2.45, 2.75) is 6.54 Å². The summed E-state index contributed by atoms with van der Waals surface area (Å²) in [5, 5.41) is 3.56. The van der Waals surface area contributed by atoms with Gasteiger partial charge in [0.05, 0.1) is 29.1 Å². The largest absolute Gasteiger partial charge is 0.482 e. The quantitative estimate of drug-likeness (QED) is 0.593. The summed E-state index contributed by atoms with van der Waals surface area (Å²) in [7, 11) is 1.58. The number of hydrogen-bond acceptors (Lipinski definition) is 4. The van der Waals surface area contributed by atoms with Crippen LogP contribution in [0.2, 0.25) is 10.0 Å². The van der Waals surface area contributed by atoms with Crippen molar-refractivity contribution in [3.8, 4) is 5.75 Å². The highest BCUT2D eigenvalue weighted by Crippen LogP contribution is 2.27. The van der Waals surface area contributed by atoms with Crippen molar-refractivity contribution in [1.82, 2.24) is 5.32 Å². The van der Waals surface area contributed by atoms with E-state index in [1.165, 1.54) is 17.2 Å². The standard InChI is InChI=1S/C21H18Cl2N2O4/c1-25(20(26)13-29-19-9-8-14(22)11-17(19)23)18-7-3-2-6-16(18)21(27)24-12-15-5-4-10-28-15/h2-11H,12-13H2,1H3,(H,24,27). The monoisotopic (exact) mass is 432 g/mol. The molecule has 8 heteroatoms. The number of ether oxygens (including phenoxy) is 1. The van der Waals surface area contributed by atoms with E-state index in [1.54, 1.807) is 55.6 Å². The molecule has 0 aliphatic rings. The van der Waals surface area contributed by atoms with Gasteiger partial charge in [0.25, 0.3) is 11.8 Å². The Morgan fingerprint density at radius 2 is 1.90 bits per heavy atom. The second-order valence-corrected chi connectivity index (χ2v) is 6.94. The van der Waals surface area contributed by atoms with Crippen molar-refractivity contribution >= 4 is 40.7 Å². The Balaban J connectivity index is 1.67. The third kappa shape index (κ3) is 5.31. The molecule has 0 unspecified atom stereocenters. The Labute approximate surface area is 178 Å². The van der Waals surface area contributed by atoms with Crippen molar-refractivity contribution in [2.75, 3.05) is 18.6 Å². The molecule has 0 aliphatic heterocycles. The number of hydrogen-bond donors (Lipinski definition) is 1. The minimum Gasteiger partial charge on any atom is -0.482 e. The van der Waals surface area contributed by atoms with E-state index < -0.39 is 0 Å². The van der Waals surface area contributed by atoms with Crippen LogP contribution in [0.1, 0.15) is 16.1 Å². The number of amides is 2. The molecule has 0 bridgehead atoms. The number of benzene rings is 2. The molecule has 0 atom stereocenters. The van der Waals surface area contributed by atoms with Gasteiger partial charge >= 0.3 is 0 Å². The van der Waals surface area contributed by atoms with Crippen LogP contribution >= 0.6 is 23.2 Å². The van der Waals surface area contributed by atoms with Crippen molar-refractivity contribution < 1.29 is 18.7 Å². The van der Waals surface area contributed by atoms with Crippen LogP contribution in [0.15, 0.2) is 65.3 Å². The van der Waals surface area contributed by atoms with Gasteiger partial charge in [-0.15, -0.1) is 0 Å². The molecule has 0 aliphatic carbocycles. The molecule has 150 valence electrons. The summed E-state index contributed by atoms with van der Waals surface area (Å²) >= 11 is 11.9. The summed E-state index contributed by atoms with van der Waals surface area (Å²) in [6.07, 6.45) is 1.54. The molecule has 2 amide bonds. The highest BCUT2D eigenvalue weighted by molar-refractivity contribution is 6.35. The number of nitrogens with one attached hydrogen (secondary N) is 1. The zero-order valence-corrected chi connectivity index (χ0v) is 17.0. The van der Waals surface area contributed by atoms with Crippen LogP contribution < -0.4 is 15.0 Å². The van der Waals surface area contributed by atoms with E-state index in [4.69, 9.17) is 32.4 Å². The SMILES string of the molecule is CN(C(=O)COc1ccc(Cl)cc1Cl)c1ccccc1C(=O)NCc1ccco1. The van der Waals surface area contributed by atoms with Crippen molar-refractivity contribution in [1.29, 1.82) is 0 Å². The van der Waals surface area contributed by atoms with Crippen LogP contribution in [0.4, 0.5) is 5.69 Å². The Morgan fingerprint density at radius 3 is 2.62 bits per heavy atom. The second-order valence-electron chi connectivity index (χ2n) is 6.10. The van der Waals surface area contributed by atoms with Crippen LogP contribution in [0.5, 0.6) is 5.75 Å². The molecule has 0 spiro atoms. The fourth-order valence-electron chi connectivity index (χ4n) is 2.60. The molecule has 1 heterocycles. The summed E-state index contributed by atoms with van der Waals surface area (Å²) in [6.45, 7) is -0.00376. The van der Waals surface area contributed by atoms with E-state index >= 15 is 0 Å². The van der Waals surface area contributed by atoms with Crippen molar-refractivity contribution in [3.63, 3.8) is 0 Å². The van der Waals surface area contributed by atoms with Gasteiger partial charge in [0.1, 0.15) is 11.5 Å². The smallest absolute Gasteiger partial charge is 0.264 e. The van der Waals surface area contributed by atoms with E-state index in [0.717, 1.165) is 0 Å². The summed E-state index contributed by atoms with van der Waals surface area (Å²) in [5.41, 5.74) is 0.819. The third-order valence-corrected chi connectivity index (χ3v) is 4.66. The molecule has 29 heavy (non-hydrogen) atoms. The molecule has 0 saturated heterocycles. The van der Waals surface area contributed by atoms with Gasteiger partial charge in [-0.05, 0) is 42.5 Å². The second kappa shape index (κ2) is 9.49. The molecule has 1 N–H and O–H groups in total.